The molecule has 1 aromatic carbocycles. The van der Waals surface area contributed by atoms with E-state index in [0.717, 1.165) is 21.3 Å². The number of rotatable bonds is 5. The lowest BCUT2D eigenvalue weighted by Gasteiger charge is -2.02. The predicted octanol–water partition coefficient (Wildman–Crippen LogP) is 2.65. The number of ether oxygens (including phenoxy) is 1. The minimum atomic E-state index is -0.383. The Morgan fingerprint density at radius 2 is 1.92 bits per heavy atom. The van der Waals surface area contributed by atoms with Gasteiger partial charge < -0.3 is 15.5 Å². The molecular weight excluding hydrogens is 378 g/mol. The quantitative estimate of drug-likeness (QED) is 0.594. The minimum absolute atomic E-state index is 0.0903. The number of fused-ring (bicyclic) bond motifs is 1. The van der Waals surface area contributed by atoms with Crippen LogP contribution in [0.5, 0.6) is 0 Å². The highest BCUT2D eigenvalue weighted by Crippen LogP contribution is 2.25. The smallest absolute Gasteiger partial charge is 0.305 e. The number of nitrogens with zero attached hydrogens (tertiary/aromatic N) is 1. The number of ketones is 1. The fraction of sp³-hybridized carbons (Fsp3) is 0.375. The molecule has 0 spiro atoms. The Morgan fingerprint density at radius 3 is 2.46 bits per heavy atom. The molecule has 0 bridgehead atoms. The zero-order valence-corrected chi connectivity index (χ0v) is 15.4. The lowest BCUT2D eigenvalue weighted by atomic mass is 10.1. The van der Waals surface area contributed by atoms with Gasteiger partial charge >= 0.3 is 5.97 Å². The standard InChI is InChI=1S/C13H13BrN2O3.C3H7NO/c1-7-15-10-6-8(5-9(14)13(10)16-7)11(17)3-4-12(18)19-2;1-2-3(4)5/h5-6H,3-4H2,1-2H3,(H,15,16);2H2,1H3,(H2,4,5). The van der Waals surface area contributed by atoms with Gasteiger partial charge in [0.1, 0.15) is 11.3 Å². The van der Waals surface area contributed by atoms with Gasteiger partial charge in [-0.05, 0) is 35.0 Å². The van der Waals surface area contributed by atoms with E-state index in [0.29, 0.717) is 12.0 Å². The summed E-state index contributed by atoms with van der Waals surface area (Å²) in [5.74, 6) is 0.0611. The van der Waals surface area contributed by atoms with Gasteiger partial charge in [0.25, 0.3) is 0 Å². The van der Waals surface area contributed by atoms with Crippen molar-refractivity contribution in [3.05, 3.63) is 28.0 Å². The third kappa shape index (κ3) is 5.77. The van der Waals surface area contributed by atoms with Crippen LogP contribution in [-0.4, -0.2) is 34.7 Å². The zero-order chi connectivity index (χ0) is 18.3. The van der Waals surface area contributed by atoms with E-state index < -0.39 is 0 Å². The van der Waals surface area contributed by atoms with Crippen LogP contribution in [0.3, 0.4) is 0 Å². The van der Waals surface area contributed by atoms with Crippen LogP contribution in [-0.2, 0) is 14.3 Å². The molecule has 130 valence electrons. The summed E-state index contributed by atoms with van der Waals surface area (Å²) in [6.45, 7) is 3.58. The largest absolute Gasteiger partial charge is 0.469 e. The predicted molar refractivity (Wildman–Crippen MR) is 93.6 cm³/mol. The van der Waals surface area contributed by atoms with Crippen molar-refractivity contribution in [3.63, 3.8) is 0 Å². The number of aromatic amines is 1. The summed E-state index contributed by atoms with van der Waals surface area (Å²) in [5.41, 5.74) is 6.79. The van der Waals surface area contributed by atoms with Gasteiger partial charge in [0.05, 0.1) is 19.0 Å². The normalized spacial score (nSPS) is 10.0. The van der Waals surface area contributed by atoms with Crippen LogP contribution in [0.15, 0.2) is 16.6 Å². The molecule has 7 nitrogen and oxygen atoms in total. The Bertz CT molecular complexity index is 755. The van der Waals surface area contributed by atoms with E-state index in [9.17, 15) is 14.4 Å². The highest BCUT2D eigenvalue weighted by atomic mass is 79.9. The van der Waals surface area contributed by atoms with E-state index in [1.165, 1.54) is 7.11 Å². The van der Waals surface area contributed by atoms with Crippen LogP contribution in [0.2, 0.25) is 0 Å². The molecule has 1 heterocycles. The van der Waals surface area contributed by atoms with Crippen molar-refractivity contribution in [2.75, 3.05) is 7.11 Å². The monoisotopic (exact) mass is 397 g/mol. The average Bonchev–Trinajstić information content (AvgIpc) is 2.93. The zero-order valence-electron chi connectivity index (χ0n) is 13.8. The van der Waals surface area contributed by atoms with Crippen molar-refractivity contribution < 1.29 is 19.1 Å². The number of methoxy groups -OCH3 is 1. The molecule has 3 N–H and O–H groups in total. The third-order valence-corrected chi connectivity index (χ3v) is 3.72. The number of esters is 1. The van der Waals surface area contributed by atoms with E-state index in [-0.39, 0.29) is 30.5 Å². The maximum Gasteiger partial charge on any atom is 0.305 e. The fourth-order valence-corrected chi connectivity index (χ4v) is 2.37. The van der Waals surface area contributed by atoms with Crippen LogP contribution < -0.4 is 5.73 Å². The Hall–Kier alpha value is -2.22. The molecule has 24 heavy (non-hydrogen) atoms. The average molecular weight is 398 g/mol. The first kappa shape index (κ1) is 19.8. The van der Waals surface area contributed by atoms with Crippen LogP contribution in [0.25, 0.3) is 11.0 Å². The van der Waals surface area contributed by atoms with Crippen molar-refractivity contribution in [2.24, 2.45) is 5.73 Å². The van der Waals surface area contributed by atoms with Crippen molar-refractivity contribution >= 4 is 44.6 Å². The fourth-order valence-electron chi connectivity index (χ4n) is 1.82. The number of nitrogens with two attached hydrogens (primary N) is 1. The summed E-state index contributed by atoms with van der Waals surface area (Å²) in [6.07, 6.45) is 0.671. The second kappa shape index (κ2) is 9.17. The first-order valence-corrected chi connectivity index (χ1v) is 8.12. The molecule has 8 heteroatoms. The van der Waals surface area contributed by atoms with E-state index in [1.54, 1.807) is 19.1 Å². The lowest BCUT2D eigenvalue weighted by Crippen LogP contribution is -2.06. The number of primary amides is 1. The van der Waals surface area contributed by atoms with Gasteiger partial charge in [-0.25, -0.2) is 4.98 Å². The number of carbonyl (C=O) groups is 3. The first-order chi connectivity index (χ1) is 11.3. The maximum absolute atomic E-state index is 12.0. The number of nitrogens with one attached hydrogen (secondary N) is 1. The van der Waals surface area contributed by atoms with E-state index >= 15 is 0 Å². The Morgan fingerprint density at radius 1 is 1.29 bits per heavy atom. The van der Waals surface area contributed by atoms with Gasteiger partial charge in [-0.2, -0.15) is 0 Å². The van der Waals surface area contributed by atoms with E-state index in [2.05, 4.69) is 36.4 Å². The maximum atomic E-state index is 12.0. The van der Waals surface area contributed by atoms with Crippen LogP contribution in [0.1, 0.15) is 42.4 Å². The van der Waals surface area contributed by atoms with Gasteiger partial charge in [-0.1, -0.05) is 6.92 Å². The number of imidazole rings is 1. The molecule has 0 fully saturated rings. The minimum Gasteiger partial charge on any atom is -0.469 e. The van der Waals surface area contributed by atoms with Gasteiger partial charge in [-0.3, -0.25) is 14.4 Å². The number of Topliss-reactive ketones (excluding diaryl/α,β-unsaturated/α-hetero) is 1. The number of aryl methyl sites for hydroxylation is 1. The Kier molecular flexibility index (Phi) is 7.57. The highest BCUT2D eigenvalue weighted by molar-refractivity contribution is 9.10. The molecule has 0 unspecified atom stereocenters. The second-order valence-electron chi connectivity index (χ2n) is 5.00. The summed E-state index contributed by atoms with van der Waals surface area (Å²) in [4.78, 5) is 40.0. The number of hydrogen-bond acceptors (Lipinski definition) is 5. The molecule has 0 radical (unpaired) electrons. The number of H-pyrrole nitrogens is 1. The summed E-state index contributed by atoms with van der Waals surface area (Å²) >= 11 is 3.40. The molecule has 0 saturated heterocycles. The molecule has 1 amide bonds. The SMILES string of the molecule is CCC(N)=O.COC(=O)CCC(=O)c1cc(Br)c2nc(C)[nH]c2c1. The number of benzene rings is 1. The molecule has 0 aliphatic carbocycles. The molecule has 0 aliphatic rings. The molecule has 2 aromatic rings. The Balaban J connectivity index is 0.000000505. The number of amides is 1. The lowest BCUT2D eigenvalue weighted by molar-refractivity contribution is -0.140. The second-order valence-corrected chi connectivity index (χ2v) is 5.85. The molecule has 1 aromatic heterocycles. The van der Waals surface area contributed by atoms with Gasteiger partial charge in [0, 0.05) is 22.9 Å². The van der Waals surface area contributed by atoms with E-state index in [4.69, 9.17) is 0 Å². The number of halogens is 1. The van der Waals surface area contributed by atoms with Crippen molar-refractivity contribution in [2.45, 2.75) is 33.1 Å². The summed E-state index contributed by atoms with van der Waals surface area (Å²) in [7, 11) is 1.31. The van der Waals surface area contributed by atoms with Gasteiger partial charge in [0.2, 0.25) is 5.91 Å². The molecule has 0 saturated carbocycles. The highest BCUT2D eigenvalue weighted by Gasteiger charge is 2.13. The topological polar surface area (TPSA) is 115 Å². The van der Waals surface area contributed by atoms with Crippen molar-refractivity contribution in [1.29, 1.82) is 0 Å². The van der Waals surface area contributed by atoms with Crippen LogP contribution in [0.4, 0.5) is 0 Å². The van der Waals surface area contributed by atoms with Crippen LogP contribution >= 0.6 is 15.9 Å². The van der Waals surface area contributed by atoms with Gasteiger partial charge in [0.15, 0.2) is 5.78 Å². The molecule has 2 rings (SSSR count). The van der Waals surface area contributed by atoms with Crippen LogP contribution in [0, 0.1) is 6.92 Å². The molecular formula is C16H20BrN3O4. The number of carbonyl (C=O) groups excluding carboxylic acids is 3. The third-order valence-electron chi connectivity index (χ3n) is 3.11. The number of aromatic nitrogens is 2. The van der Waals surface area contributed by atoms with Gasteiger partial charge in [-0.15, -0.1) is 0 Å². The first-order valence-electron chi connectivity index (χ1n) is 7.32. The number of hydrogen-bond donors (Lipinski definition) is 2. The van der Waals surface area contributed by atoms with E-state index in [1.807, 2.05) is 6.92 Å². The summed E-state index contributed by atoms with van der Waals surface area (Å²) in [6, 6.07) is 3.47. The molecule has 0 atom stereocenters. The summed E-state index contributed by atoms with van der Waals surface area (Å²) in [5, 5.41) is 0. The Labute approximate surface area is 148 Å². The molecule has 0 aliphatic heterocycles. The van der Waals surface area contributed by atoms with Crippen molar-refractivity contribution in [3.8, 4) is 0 Å². The van der Waals surface area contributed by atoms with Crippen molar-refractivity contribution in [1.82, 2.24) is 9.97 Å². The summed E-state index contributed by atoms with van der Waals surface area (Å²) < 4.78 is 5.28.